The molecule has 1 heterocycles. The number of alkyl halides is 1. The van der Waals surface area contributed by atoms with E-state index >= 15 is 0 Å². The molecule has 0 N–H and O–H groups in total. The summed E-state index contributed by atoms with van der Waals surface area (Å²) in [6, 6.07) is 0. The number of nitrogens with zero attached hydrogens (tertiary/aromatic N) is 1. The lowest BCUT2D eigenvalue weighted by atomic mass is 9.40. The molecule has 118 valence electrons. The lowest BCUT2D eigenvalue weighted by Crippen LogP contribution is -2.56. The van der Waals surface area contributed by atoms with E-state index in [2.05, 4.69) is 34.7 Å². The van der Waals surface area contributed by atoms with Crippen molar-refractivity contribution in [1.29, 1.82) is 0 Å². The highest BCUT2D eigenvalue weighted by molar-refractivity contribution is 9.09. The highest BCUT2D eigenvalue weighted by atomic mass is 79.9. The number of likely N-dealkylation sites (tertiary alicyclic amines) is 1. The smallest absolute Gasteiger partial charge is 0.223 e. The molecule has 0 aromatic rings. The summed E-state index contributed by atoms with van der Waals surface area (Å²) < 4.78 is 0. The molecule has 3 heteroatoms. The van der Waals surface area contributed by atoms with Gasteiger partial charge in [-0.05, 0) is 67.1 Å². The van der Waals surface area contributed by atoms with Gasteiger partial charge in [0.25, 0.3) is 0 Å². The molecular formula is C18H28BrNO. The highest BCUT2D eigenvalue weighted by Crippen LogP contribution is 2.70. The maximum atomic E-state index is 12.8. The monoisotopic (exact) mass is 353 g/mol. The number of amides is 1. The lowest BCUT2D eigenvalue weighted by molar-refractivity contribution is -0.160. The van der Waals surface area contributed by atoms with Crippen LogP contribution in [0.25, 0.3) is 0 Å². The van der Waals surface area contributed by atoms with Crippen LogP contribution in [-0.4, -0.2) is 28.7 Å². The Morgan fingerprint density at radius 1 is 1.14 bits per heavy atom. The normalized spacial score (nSPS) is 51.7. The van der Waals surface area contributed by atoms with Crippen LogP contribution in [0.4, 0.5) is 0 Å². The molecule has 4 saturated carbocycles. The van der Waals surface area contributed by atoms with Crippen LogP contribution in [0.1, 0.15) is 65.2 Å². The third-order valence-electron chi connectivity index (χ3n) is 6.75. The van der Waals surface area contributed by atoms with E-state index < -0.39 is 0 Å². The van der Waals surface area contributed by atoms with Gasteiger partial charge in [-0.15, -0.1) is 0 Å². The standard InChI is InChI=1S/C18H28BrNO/c1-16-5-13-6-17(2,10-16)12-18(7-13,11-16)8-15(21)20-4-3-14(19)9-20/h13-14H,3-12H2,1-2H3. The van der Waals surface area contributed by atoms with Crippen molar-refractivity contribution in [2.75, 3.05) is 13.1 Å². The summed E-state index contributed by atoms with van der Waals surface area (Å²) >= 11 is 3.66. The van der Waals surface area contributed by atoms with E-state index in [4.69, 9.17) is 0 Å². The van der Waals surface area contributed by atoms with Crippen LogP contribution in [0.3, 0.4) is 0 Å². The first kappa shape index (κ1) is 14.5. The molecule has 21 heavy (non-hydrogen) atoms. The minimum absolute atomic E-state index is 0.338. The first-order chi connectivity index (χ1) is 9.79. The van der Waals surface area contributed by atoms with Crippen LogP contribution < -0.4 is 0 Å². The van der Waals surface area contributed by atoms with E-state index in [0.29, 0.717) is 27.0 Å². The molecule has 3 atom stereocenters. The SMILES string of the molecule is CC12CC3CC(C)(C1)CC(CC(=O)N1CCC(Br)C1)(C3)C2. The predicted octanol–water partition coefficient (Wildman–Crippen LogP) is 4.37. The first-order valence-corrected chi connectivity index (χ1v) is 9.62. The number of halogens is 1. The van der Waals surface area contributed by atoms with Crippen LogP contribution in [0.2, 0.25) is 0 Å². The fraction of sp³-hybridized carbons (Fsp3) is 0.944. The largest absolute Gasteiger partial charge is 0.342 e. The van der Waals surface area contributed by atoms with Crippen molar-refractivity contribution in [3.05, 3.63) is 0 Å². The predicted molar refractivity (Wildman–Crippen MR) is 88.4 cm³/mol. The second-order valence-electron chi connectivity index (χ2n) is 9.53. The van der Waals surface area contributed by atoms with Crippen LogP contribution in [0.15, 0.2) is 0 Å². The van der Waals surface area contributed by atoms with E-state index in [-0.39, 0.29) is 0 Å². The minimum atomic E-state index is 0.338. The fourth-order valence-electron chi connectivity index (χ4n) is 7.26. The number of hydrogen-bond donors (Lipinski definition) is 0. The fourth-order valence-corrected chi connectivity index (χ4v) is 7.81. The summed E-state index contributed by atoms with van der Waals surface area (Å²) in [5, 5.41) is 0. The molecule has 1 aliphatic heterocycles. The minimum Gasteiger partial charge on any atom is -0.342 e. The first-order valence-electron chi connectivity index (χ1n) is 8.71. The molecule has 2 nitrogen and oxygen atoms in total. The van der Waals surface area contributed by atoms with Gasteiger partial charge in [0.2, 0.25) is 5.91 Å². The Labute approximate surface area is 137 Å². The molecule has 4 bridgehead atoms. The van der Waals surface area contributed by atoms with E-state index in [1.807, 2.05) is 0 Å². The zero-order valence-electron chi connectivity index (χ0n) is 13.5. The molecule has 5 rings (SSSR count). The quantitative estimate of drug-likeness (QED) is 0.675. The molecule has 5 aliphatic rings. The van der Waals surface area contributed by atoms with Gasteiger partial charge in [0.05, 0.1) is 0 Å². The number of hydrogen-bond acceptors (Lipinski definition) is 1. The Morgan fingerprint density at radius 3 is 2.33 bits per heavy atom. The lowest BCUT2D eigenvalue weighted by Gasteiger charge is -2.65. The van der Waals surface area contributed by atoms with Crippen molar-refractivity contribution < 1.29 is 4.79 Å². The third kappa shape index (κ3) is 2.48. The third-order valence-corrected chi connectivity index (χ3v) is 7.50. The Hall–Kier alpha value is -0.0500. The van der Waals surface area contributed by atoms with Gasteiger partial charge in [-0.25, -0.2) is 0 Å². The molecule has 0 spiro atoms. The van der Waals surface area contributed by atoms with Crippen molar-refractivity contribution in [1.82, 2.24) is 4.90 Å². The Bertz CT molecular complexity index is 458. The Balaban J connectivity index is 1.53. The molecule has 4 aliphatic carbocycles. The summed E-state index contributed by atoms with van der Waals surface area (Å²) in [5.74, 6) is 1.33. The van der Waals surface area contributed by atoms with Crippen molar-refractivity contribution in [3.8, 4) is 0 Å². The summed E-state index contributed by atoms with van der Waals surface area (Å²) in [7, 11) is 0. The summed E-state index contributed by atoms with van der Waals surface area (Å²) in [4.78, 5) is 15.4. The van der Waals surface area contributed by atoms with Crippen molar-refractivity contribution in [2.24, 2.45) is 22.2 Å². The van der Waals surface area contributed by atoms with Gasteiger partial charge < -0.3 is 4.90 Å². The maximum absolute atomic E-state index is 12.8. The van der Waals surface area contributed by atoms with Gasteiger partial charge in [-0.3, -0.25) is 4.79 Å². The van der Waals surface area contributed by atoms with Gasteiger partial charge in [-0.2, -0.15) is 0 Å². The zero-order chi connectivity index (χ0) is 14.9. The second-order valence-corrected chi connectivity index (χ2v) is 10.8. The summed E-state index contributed by atoms with van der Waals surface area (Å²) in [6.07, 6.45) is 10.1. The zero-order valence-corrected chi connectivity index (χ0v) is 15.0. The molecule has 5 fully saturated rings. The number of rotatable bonds is 2. The Morgan fingerprint density at radius 2 is 1.81 bits per heavy atom. The van der Waals surface area contributed by atoms with E-state index in [1.165, 1.54) is 38.5 Å². The average Bonchev–Trinajstić information content (AvgIpc) is 2.70. The van der Waals surface area contributed by atoms with Crippen LogP contribution >= 0.6 is 15.9 Å². The van der Waals surface area contributed by atoms with Gasteiger partial charge in [0, 0.05) is 24.3 Å². The van der Waals surface area contributed by atoms with Crippen molar-refractivity contribution in [3.63, 3.8) is 0 Å². The van der Waals surface area contributed by atoms with Gasteiger partial charge in [0.1, 0.15) is 0 Å². The van der Waals surface area contributed by atoms with Crippen LogP contribution in [-0.2, 0) is 4.79 Å². The molecule has 0 aromatic heterocycles. The maximum Gasteiger partial charge on any atom is 0.223 e. The highest BCUT2D eigenvalue weighted by Gasteiger charge is 2.60. The van der Waals surface area contributed by atoms with E-state index in [1.54, 1.807) is 0 Å². The number of carbonyl (C=O) groups is 1. The molecule has 1 saturated heterocycles. The molecule has 1 amide bonds. The van der Waals surface area contributed by atoms with Gasteiger partial charge >= 0.3 is 0 Å². The molecule has 3 unspecified atom stereocenters. The molecule has 0 aromatic carbocycles. The van der Waals surface area contributed by atoms with Crippen LogP contribution in [0, 0.1) is 22.2 Å². The van der Waals surface area contributed by atoms with Gasteiger partial charge in [0.15, 0.2) is 0 Å². The topological polar surface area (TPSA) is 20.3 Å². The number of carbonyl (C=O) groups excluding carboxylic acids is 1. The molecule has 0 radical (unpaired) electrons. The summed E-state index contributed by atoms with van der Waals surface area (Å²) in [5.41, 5.74) is 1.39. The van der Waals surface area contributed by atoms with Gasteiger partial charge in [-0.1, -0.05) is 29.8 Å². The van der Waals surface area contributed by atoms with Crippen molar-refractivity contribution >= 4 is 21.8 Å². The molecular weight excluding hydrogens is 326 g/mol. The van der Waals surface area contributed by atoms with Crippen LogP contribution in [0.5, 0.6) is 0 Å². The average molecular weight is 354 g/mol. The van der Waals surface area contributed by atoms with E-state index in [9.17, 15) is 4.79 Å². The summed E-state index contributed by atoms with van der Waals surface area (Å²) in [6.45, 7) is 6.88. The Kier molecular flexibility index (Phi) is 3.11. The second kappa shape index (κ2) is 4.49. The van der Waals surface area contributed by atoms with E-state index in [0.717, 1.165) is 31.8 Å². The van der Waals surface area contributed by atoms with Crippen molar-refractivity contribution in [2.45, 2.75) is 70.0 Å².